The van der Waals surface area contributed by atoms with Crippen molar-refractivity contribution in [3.05, 3.63) is 84.6 Å². The average molecular weight is 478 g/mol. The molecule has 5 aromatic rings. The molecule has 0 amide bonds. The summed E-state index contributed by atoms with van der Waals surface area (Å²) in [5.74, 6) is 0.428. The molecular weight excluding hydrogens is 446 g/mol. The van der Waals surface area contributed by atoms with Gasteiger partial charge in [0.1, 0.15) is 5.65 Å². The fraction of sp³-hybridized carbons (Fsp3) is 0.300. The molecule has 0 saturated carbocycles. The lowest BCUT2D eigenvalue weighted by Crippen LogP contribution is -2.27. The van der Waals surface area contributed by atoms with Crippen LogP contribution in [0.3, 0.4) is 0 Å². The van der Waals surface area contributed by atoms with Crippen LogP contribution in [0.5, 0.6) is 0 Å². The average Bonchev–Trinajstić information content (AvgIpc) is 3.41. The van der Waals surface area contributed by atoms with Crippen molar-refractivity contribution in [3.8, 4) is 11.3 Å². The fourth-order valence-electron chi connectivity index (χ4n) is 5.70. The number of fused-ring (bicyclic) bond motifs is 3. The Hall–Kier alpha value is -3.77. The quantitative estimate of drug-likeness (QED) is 0.296. The highest BCUT2D eigenvalue weighted by Gasteiger charge is 2.31. The molecule has 1 saturated heterocycles. The number of aryl methyl sites for hydroxylation is 2. The number of hydrogen-bond acceptors (Lipinski definition) is 4. The van der Waals surface area contributed by atoms with Crippen molar-refractivity contribution >= 4 is 27.6 Å². The highest BCUT2D eigenvalue weighted by Crippen LogP contribution is 2.41. The smallest absolute Gasteiger partial charge is 0.143 e. The zero-order chi connectivity index (χ0) is 24.8. The Bertz CT molecular complexity index is 1550. The second-order valence-electron chi connectivity index (χ2n) is 9.90. The summed E-state index contributed by atoms with van der Waals surface area (Å²) >= 11 is 0. The van der Waals surface area contributed by atoms with Gasteiger partial charge in [-0.3, -0.25) is 4.98 Å². The topological polar surface area (TPSA) is 57.8 Å². The molecule has 6 heteroatoms. The summed E-state index contributed by atoms with van der Waals surface area (Å²) in [5, 5.41) is 1.07. The third-order valence-electron chi connectivity index (χ3n) is 7.45. The maximum Gasteiger partial charge on any atom is 0.143 e. The summed E-state index contributed by atoms with van der Waals surface area (Å²) in [6.45, 7) is 9.79. The monoisotopic (exact) mass is 477 g/mol. The van der Waals surface area contributed by atoms with Gasteiger partial charge in [0.05, 0.1) is 40.5 Å². The molecule has 5 heterocycles. The maximum atomic E-state index is 5.76. The lowest BCUT2D eigenvalue weighted by Gasteiger charge is -2.32. The van der Waals surface area contributed by atoms with E-state index in [1.54, 1.807) is 0 Å². The van der Waals surface area contributed by atoms with Crippen LogP contribution in [-0.4, -0.2) is 37.3 Å². The Morgan fingerprint density at radius 2 is 1.86 bits per heavy atom. The molecule has 1 aliphatic rings. The van der Waals surface area contributed by atoms with Gasteiger partial charge in [0, 0.05) is 37.4 Å². The Balaban J connectivity index is 1.69. The molecule has 0 spiro atoms. The van der Waals surface area contributed by atoms with Crippen molar-refractivity contribution in [2.45, 2.75) is 32.7 Å². The van der Waals surface area contributed by atoms with Crippen molar-refractivity contribution < 1.29 is 4.74 Å². The number of aromatic nitrogens is 5. The minimum Gasteiger partial charge on any atom is -0.381 e. The molecule has 0 N–H and O–H groups in total. The predicted molar refractivity (Wildman–Crippen MR) is 145 cm³/mol. The van der Waals surface area contributed by atoms with Crippen LogP contribution in [0.15, 0.2) is 67.6 Å². The van der Waals surface area contributed by atoms with Gasteiger partial charge in [-0.2, -0.15) is 0 Å². The number of allylic oxidation sites excluding steroid dienone is 1. The first-order valence-electron chi connectivity index (χ1n) is 12.6. The molecule has 1 fully saturated rings. The van der Waals surface area contributed by atoms with Gasteiger partial charge in [-0.25, -0.2) is 9.97 Å². The van der Waals surface area contributed by atoms with Crippen LogP contribution in [0.1, 0.15) is 42.8 Å². The number of hydrogen-bond donors (Lipinski definition) is 0. The number of rotatable bonds is 5. The van der Waals surface area contributed by atoms with Crippen molar-refractivity contribution in [1.29, 1.82) is 0 Å². The van der Waals surface area contributed by atoms with Crippen molar-refractivity contribution in [2.24, 2.45) is 13.0 Å². The molecule has 0 bridgehead atoms. The minimum atomic E-state index is 0.118. The fourth-order valence-corrected chi connectivity index (χ4v) is 5.70. The molecule has 36 heavy (non-hydrogen) atoms. The van der Waals surface area contributed by atoms with Gasteiger partial charge in [0.2, 0.25) is 0 Å². The van der Waals surface area contributed by atoms with Gasteiger partial charge >= 0.3 is 0 Å². The second-order valence-corrected chi connectivity index (χ2v) is 9.90. The Labute approximate surface area is 211 Å². The van der Waals surface area contributed by atoms with E-state index in [9.17, 15) is 0 Å². The number of ether oxygens (including phenoxy) is 1. The molecule has 0 aliphatic carbocycles. The Morgan fingerprint density at radius 3 is 2.56 bits per heavy atom. The SMILES string of the molecule is C=C(C)c1ccc2c3ncc(-c4c(C)ncn4C)cc3n([C@H](c3ccccc3)C3CCOCC3)c2n1. The van der Waals surface area contributed by atoms with E-state index in [2.05, 4.69) is 69.2 Å². The van der Waals surface area contributed by atoms with E-state index >= 15 is 0 Å². The van der Waals surface area contributed by atoms with Gasteiger partial charge in [-0.05, 0) is 61.9 Å². The summed E-state index contributed by atoms with van der Waals surface area (Å²) in [4.78, 5) is 14.7. The summed E-state index contributed by atoms with van der Waals surface area (Å²) in [7, 11) is 2.03. The number of nitrogens with zero attached hydrogens (tertiary/aromatic N) is 5. The zero-order valence-corrected chi connectivity index (χ0v) is 21.1. The first-order chi connectivity index (χ1) is 17.5. The normalized spacial score (nSPS) is 15.5. The van der Waals surface area contributed by atoms with Gasteiger partial charge in [-0.1, -0.05) is 36.9 Å². The molecule has 6 nitrogen and oxygen atoms in total. The van der Waals surface area contributed by atoms with E-state index < -0.39 is 0 Å². The first kappa shape index (κ1) is 22.7. The predicted octanol–water partition coefficient (Wildman–Crippen LogP) is 6.34. The molecule has 1 aliphatic heterocycles. The molecule has 1 aromatic carbocycles. The van der Waals surface area contributed by atoms with E-state index in [0.29, 0.717) is 5.92 Å². The van der Waals surface area contributed by atoms with Gasteiger partial charge in [0.15, 0.2) is 0 Å². The van der Waals surface area contributed by atoms with Crippen LogP contribution in [0.2, 0.25) is 0 Å². The van der Waals surface area contributed by atoms with E-state index in [1.807, 2.05) is 33.4 Å². The number of imidazole rings is 1. The van der Waals surface area contributed by atoms with Crippen molar-refractivity contribution in [3.63, 3.8) is 0 Å². The maximum absolute atomic E-state index is 5.76. The molecular formula is C30H31N5O. The Kier molecular flexibility index (Phi) is 5.69. The summed E-state index contributed by atoms with van der Waals surface area (Å²) in [6.07, 6.45) is 5.85. The highest BCUT2D eigenvalue weighted by molar-refractivity contribution is 6.05. The summed E-state index contributed by atoms with van der Waals surface area (Å²) in [6, 6.07) is 17.4. The van der Waals surface area contributed by atoms with Crippen LogP contribution in [0.4, 0.5) is 0 Å². The minimum absolute atomic E-state index is 0.118. The van der Waals surface area contributed by atoms with Crippen LogP contribution in [0, 0.1) is 12.8 Å². The van der Waals surface area contributed by atoms with Crippen LogP contribution in [0.25, 0.3) is 38.9 Å². The largest absolute Gasteiger partial charge is 0.381 e. The van der Waals surface area contributed by atoms with E-state index in [1.165, 1.54) is 5.56 Å². The lowest BCUT2D eigenvalue weighted by atomic mass is 9.86. The molecule has 0 unspecified atom stereocenters. The van der Waals surface area contributed by atoms with Gasteiger partial charge < -0.3 is 13.9 Å². The van der Waals surface area contributed by atoms with Crippen molar-refractivity contribution in [2.75, 3.05) is 13.2 Å². The molecule has 182 valence electrons. The molecule has 0 radical (unpaired) electrons. The van der Waals surface area contributed by atoms with E-state index in [0.717, 1.165) is 76.3 Å². The van der Waals surface area contributed by atoms with E-state index in [-0.39, 0.29) is 6.04 Å². The van der Waals surface area contributed by atoms with Crippen LogP contribution in [-0.2, 0) is 11.8 Å². The summed E-state index contributed by atoms with van der Waals surface area (Å²) < 4.78 is 10.3. The molecule has 1 atom stereocenters. The summed E-state index contributed by atoms with van der Waals surface area (Å²) in [5.41, 5.74) is 9.31. The van der Waals surface area contributed by atoms with Gasteiger partial charge in [-0.15, -0.1) is 0 Å². The second kappa shape index (κ2) is 9.03. The zero-order valence-electron chi connectivity index (χ0n) is 21.1. The van der Waals surface area contributed by atoms with Crippen LogP contribution >= 0.6 is 0 Å². The Morgan fingerprint density at radius 1 is 1.08 bits per heavy atom. The van der Waals surface area contributed by atoms with Crippen LogP contribution < -0.4 is 0 Å². The molecule has 4 aromatic heterocycles. The highest BCUT2D eigenvalue weighted by atomic mass is 16.5. The van der Waals surface area contributed by atoms with E-state index in [4.69, 9.17) is 14.7 Å². The number of pyridine rings is 2. The third-order valence-corrected chi connectivity index (χ3v) is 7.45. The first-order valence-corrected chi connectivity index (χ1v) is 12.6. The number of benzene rings is 1. The standard InChI is InChI=1S/C30H31N5O/c1-19(2)25-11-10-24-27-26(16-23(17-31-27)28-20(3)32-18-34(28)4)35(30(24)33-25)29(21-8-6-5-7-9-21)22-12-14-36-15-13-22/h5-11,16-18,22,29H,1,12-15H2,2-4H3/t29-/m1/s1. The molecule has 6 rings (SSSR count). The van der Waals surface area contributed by atoms with Crippen molar-refractivity contribution in [1.82, 2.24) is 24.1 Å². The third kappa shape index (κ3) is 3.73. The van der Waals surface area contributed by atoms with Gasteiger partial charge in [0.25, 0.3) is 0 Å². The lowest BCUT2D eigenvalue weighted by molar-refractivity contribution is 0.0552.